The Morgan fingerprint density at radius 1 is 1.00 bits per heavy atom. The third-order valence-corrected chi connectivity index (χ3v) is 3.53. The first-order valence-corrected chi connectivity index (χ1v) is 7.16. The van der Waals surface area contributed by atoms with E-state index >= 15 is 0 Å². The summed E-state index contributed by atoms with van der Waals surface area (Å²) >= 11 is 0. The maximum atomic E-state index is 11.8. The Hall–Kier alpha value is -3.41. The first-order chi connectivity index (χ1) is 11.6. The molecule has 0 unspecified atom stereocenters. The van der Waals surface area contributed by atoms with Gasteiger partial charge in [0.2, 0.25) is 5.56 Å². The Morgan fingerprint density at radius 2 is 1.75 bits per heavy atom. The number of ether oxygens (including phenoxy) is 1. The zero-order chi connectivity index (χ0) is 17.1. The van der Waals surface area contributed by atoms with E-state index in [-0.39, 0.29) is 17.7 Å². The van der Waals surface area contributed by atoms with Gasteiger partial charge in [-0.25, -0.2) is 4.79 Å². The second-order valence-electron chi connectivity index (χ2n) is 5.13. The van der Waals surface area contributed by atoms with Gasteiger partial charge in [0, 0.05) is 17.0 Å². The molecule has 0 amide bonds. The topological polar surface area (TPSA) is 96.5 Å². The number of carbonyl (C=O) groups is 2. The smallest absolute Gasteiger partial charge is 0.377 e. The van der Waals surface area contributed by atoms with Crippen LogP contribution >= 0.6 is 0 Å². The molecule has 2 N–H and O–H groups in total. The van der Waals surface area contributed by atoms with E-state index in [4.69, 9.17) is 9.84 Å². The minimum absolute atomic E-state index is 0.000751. The van der Waals surface area contributed by atoms with Gasteiger partial charge in [0.15, 0.2) is 0 Å². The molecule has 1 aromatic heterocycles. The third kappa shape index (κ3) is 3.03. The van der Waals surface area contributed by atoms with Crippen LogP contribution in [0.25, 0.3) is 10.9 Å². The number of aromatic amines is 1. The lowest BCUT2D eigenvalue weighted by Crippen LogP contribution is -2.14. The van der Waals surface area contributed by atoms with E-state index in [1.165, 1.54) is 24.3 Å². The summed E-state index contributed by atoms with van der Waals surface area (Å²) in [6, 6.07) is 15.0. The number of aliphatic carboxylic acids is 1. The fraction of sp³-hybridized carbons (Fsp3) is 0.0556. The number of hydrogen-bond acceptors (Lipinski definition) is 4. The lowest BCUT2D eigenvalue weighted by atomic mass is 10.0. The summed E-state index contributed by atoms with van der Waals surface area (Å²) in [7, 11) is 0. The second kappa shape index (κ2) is 6.37. The Morgan fingerprint density at radius 3 is 2.46 bits per heavy atom. The van der Waals surface area contributed by atoms with Gasteiger partial charge in [-0.1, -0.05) is 30.3 Å². The molecular formula is C18H13NO5. The third-order valence-electron chi connectivity index (χ3n) is 3.53. The molecule has 1 heterocycles. The average Bonchev–Trinajstić information content (AvgIpc) is 2.59. The number of aromatic nitrogens is 1. The molecule has 0 atom stereocenters. The van der Waals surface area contributed by atoms with E-state index < -0.39 is 11.8 Å². The first-order valence-electron chi connectivity index (χ1n) is 7.16. The predicted molar refractivity (Wildman–Crippen MR) is 87.3 cm³/mol. The van der Waals surface area contributed by atoms with Crippen molar-refractivity contribution in [2.45, 2.75) is 6.61 Å². The van der Waals surface area contributed by atoms with E-state index in [0.717, 1.165) is 5.56 Å². The Bertz CT molecular complexity index is 976. The molecule has 0 aliphatic heterocycles. The largest absolute Gasteiger partial charge is 0.487 e. The van der Waals surface area contributed by atoms with Crippen molar-refractivity contribution in [3.63, 3.8) is 0 Å². The predicted octanol–water partition coefficient (Wildman–Crippen LogP) is 2.37. The molecule has 6 nitrogen and oxygen atoms in total. The number of benzene rings is 2. The summed E-state index contributed by atoms with van der Waals surface area (Å²) in [5, 5.41) is 9.24. The minimum atomic E-state index is -1.56. The van der Waals surface area contributed by atoms with Crippen molar-refractivity contribution >= 4 is 22.7 Å². The molecule has 0 spiro atoms. The number of rotatable bonds is 5. The van der Waals surface area contributed by atoms with E-state index in [1.54, 1.807) is 0 Å². The quantitative estimate of drug-likeness (QED) is 0.555. The summed E-state index contributed by atoms with van der Waals surface area (Å²) in [4.78, 5) is 37.0. The molecular weight excluding hydrogens is 310 g/mol. The normalized spacial score (nSPS) is 10.5. The van der Waals surface area contributed by atoms with Gasteiger partial charge in [0.1, 0.15) is 12.4 Å². The van der Waals surface area contributed by atoms with Crippen molar-refractivity contribution in [2.24, 2.45) is 0 Å². The van der Waals surface area contributed by atoms with E-state index in [0.29, 0.717) is 16.7 Å². The van der Waals surface area contributed by atoms with Crippen molar-refractivity contribution in [1.29, 1.82) is 0 Å². The van der Waals surface area contributed by atoms with Crippen LogP contribution in [-0.2, 0) is 11.4 Å². The lowest BCUT2D eigenvalue weighted by molar-refractivity contribution is -0.131. The van der Waals surface area contributed by atoms with Crippen LogP contribution in [0, 0.1) is 0 Å². The molecule has 120 valence electrons. The highest BCUT2D eigenvalue weighted by Crippen LogP contribution is 2.27. The highest BCUT2D eigenvalue weighted by atomic mass is 16.5. The van der Waals surface area contributed by atoms with E-state index in [2.05, 4.69) is 4.98 Å². The SMILES string of the molecule is O=C(O)C(=O)c1ccc(OCc2ccccc2)c2[nH]c(=O)ccc12. The molecule has 0 fully saturated rings. The number of fused-ring (bicyclic) bond motifs is 1. The van der Waals surface area contributed by atoms with Gasteiger partial charge in [-0.05, 0) is 23.8 Å². The molecule has 2 aromatic carbocycles. The number of carboxylic acid groups (broad SMARTS) is 1. The number of hydrogen-bond donors (Lipinski definition) is 2. The molecule has 0 saturated carbocycles. The number of pyridine rings is 1. The Balaban J connectivity index is 2.04. The number of Topliss-reactive ketones (excluding diaryl/α,β-unsaturated/α-hetero) is 1. The van der Waals surface area contributed by atoms with Crippen LogP contribution in [0.2, 0.25) is 0 Å². The summed E-state index contributed by atoms with van der Waals surface area (Å²) < 4.78 is 5.73. The number of carboxylic acids is 1. The van der Waals surface area contributed by atoms with Gasteiger partial charge in [-0.2, -0.15) is 0 Å². The van der Waals surface area contributed by atoms with Gasteiger partial charge < -0.3 is 14.8 Å². The van der Waals surface area contributed by atoms with Gasteiger partial charge in [0.25, 0.3) is 5.78 Å². The molecule has 0 aliphatic rings. The van der Waals surface area contributed by atoms with Crippen molar-refractivity contribution < 1.29 is 19.4 Å². The number of carbonyl (C=O) groups excluding carboxylic acids is 1. The van der Waals surface area contributed by atoms with Crippen molar-refractivity contribution in [3.8, 4) is 5.75 Å². The van der Waals surface area contributed by atoms with Crippen LogP contribution in [0.15, 0.2) is 59.4 Å². The number of ketones is 1. The molecule has 3 rings (SSSR count). The molecule has 0 saturated heterocycles. The molecule has 0 radical (unpaired) electrons. The van der Waals surface area contributed by atoms with E-state index in [1.807, 2.05) is 30.3 Å². The fourth-order valence-corrected chi connectivity index (χ4v) is 2.39. The first kappa shape index (κ1) is 15.5. The minimum Gasteiger partial charge on any atom is -0.487 e. The van der Waals surface area contributed by atoms with Crippen LogP contribution < -0.4 is 10.3 Å². The molecule has 6 heteroatoms. The van der Waals surface area contributed by atoms with E-state index in [9.17, 15) is 14.4 Å². The van der Waals surface area contributed by atoms with Gasteiger partial charge in [-0.3, -0.25) is 9.59 Å². The highest BCUT2D eigenvalue weighted by molar-refractivity contribution is 6.42. The van der Waals surface area contributed by atoms with Crippen molar-refractivity contribution in [2.75, 3.05) is 0 Å². The molecule has 0 bridgehead atoms. The van der Waals surface area contributed by atoms with Crippen LogP contribution in [0.3, 0.4) is 0 Å². The van der Waals surface area contributed by atoms with Crippen molar-refractivity contribution in [1.82, 2.24) is 4.98 Å². The lowest BCUT2D eigenvalue weighted by Gasteiger charge is -2.11. The Kier molecular flexibility index (Phi) is 4.11. The van der Waals surface area contributed by atoms with Crippen LogP contribution in [0.4, 0.5) is 0 Å². The number of nitrogens with one attached hydrogen (secondary N) is 1. The zero-order valence-corrected chi connectivity index (χ0v) is 12.5. The van der Waals surface area contributed by atoms with Gasteiger partial charge in [-0.15, -0.1) is 0 Å². The fourth-order valence-electron chi connectivity index (χ4n) is 2.39. The molecule has 3 aromatic rings. The maximum Gasteiger partial charge on any atom is 0.377 e. The van der Waals surface area contributed by atoms with Crippen molar-refractivity contribution in [3.05, 3.63) is 76.1 Å². The molecule has 24 heavy (non-hydrogen) atoms. The van der Waals surface area contributed by atoms with Gasteiger partial charge in [0.05, 0.1) is 5.52 Å². The monoisotopic (exact) mass is 323 g/mol. The van der Waals surface area contributed by atoms with Gasteiger partial charge >= 0.3 is 5.97 Å². The van der Waals surface area contributed by atoms with Crippen LogP contribution in [-0.4, -0.2) is 21.8 Å². The van der Waals surface area contributed by atoms with Crippen LogP contribution in [0.5, 0.6) is 5.75 Å². The summed E-state index contributed by atoms with van der Waals surface area (Å²) in [6.45, 7) is 0.277. The van der Waals surface area contributed by atoms with Crippen LogP contribution in [0.1, 0.15) is 15.9 Å². The molecule has 0 aliphatic carbocycles. The second-order valence-corrected chi connectivity index (χ2v) is 5.13. The number of H-pyrrole nitrogens is 1. The average molecular weight is 323 g/mol. The summed E-state index contributed by atoms with van der Waals surface area (Å²) in [5.41, 5.74) is 0.868. The highest BCUT2D eigenvalue weighted by Gasteiger charge is 2.19. The zero-order valence-electron chi connectivity index (χ0n) is 12.5. The standard InChI is InChI=1S/C18H13NO5/c20-15-9-7-12-13(17(21)18(22)23)6-8-14(16(12)19-15)24-10-11-4-2-1-3-5-11/h1-9H,10H2,(H,19,20)(H,22,23). The maximum absolute atomic E-state index is 11.8. The summed E-state index contributed by atoms with van der Waals surface area (Å²) in [6.07, 6.45) is 0. The summed E-state index contributed by atoms with van der Waals surface area (Å²) in [5.74, 6) is -2.23. The Labute approximate surface area is 136 Å².